The molecule has 0 saturated carbocycles. The van der Waals surface area contributed by atoms with Crippen molar-refractivity contribution in [3.8, 4) is 17.9 Å². The van der Waals surface area contributed by atoms with Gasteiger partial charge in [0.1, 0.15) is 6.04 Å². The molecule has 3 fully saturated rings. The van der Waals surface area contributed by atoms with E-state index in [2.05, 4.69) is 63.0 Å². The van der Waals surface area contributed by atoms with Crippen molar-refractivity contribution in [2.45, 2.75) is 57.9 Å². The molecule has 4 atom stereocenters. The van der Waals surface area contributed by atoms with Crippen molar-refractivity contribution in [3.63, 3.8) is 0 Å². The van der Waals surface area contributed by atoms with Crippen LogP contribution in [-0.2, 0) is 32.2 Å². The Morgan fingerprint density at radius 1 is 0.956 bits per heavy atom. The Hall–Kier alpha value is -4.22. The maximum atomic E-state index is 13.3. The zero-order valence-corrected chi connectivity index (χ0v) is 26.1. The average molecular weight is 611 g/mol. The van der Waals surface area contributed by atoms with Gasteiger partial charge in [-0.2, -0.15) is 5.26 Å². The molecule has 10 heteroatoms. The molecule has 3 saturated heterocycles. The number of carbonyl (C=O) groups is 3. The maximum absolute atomic E-state index is 13.3. The van der Waals surface area contributed by atoms with E-state index in [1.807, 2.05) is 24.3 Å². The highest BCUT2D eigenvalue weighted by molar-refractivity contribution is 5.89. The van der Waals surface area contributed by atoms with Crippen LogP contribution in [0.2, 0.25) is 0 Å². The molecule has 2 aromatic rings. The Kier molecular flexibility index (Phi) is 10.9. The molecule has 3 aliphatic rings. The number of hydrogen-bond donors (Lipinski definition) is 3. The number of morpholine rings is 1. The van der Waals surface area contributed by atoms with E-state index in [9.17, 15) is 14.4 Å². The Morgan fingerprint density at radius 2 is 1.60 bits per heavy atom. The van der Waals surface area contributed by atoms with Crippen molar-refractivity contribution >= 4 is 17.7 Å². The minimum Gasteiger partial charge on any atom is -0.379 e. The molecule has 0 bridgehead atoms. The number of nitrogens with one attached hydrogen (secondary N) is 3. The van der Waals surface area contributed by atoms with Crippen LogP contribution >= 0.6 is 0 Å². The van der Waals surface area contributed by atoms with Crippen LogP contribution in [-0.4, -0.2) is 85.0 Å². The number of nitrogens with zero attached hydrogens (tertiary/aromatic N) is 3. The zero-order valence-electron chi connectivity index (χ0n) is 26.1. The lowest BCUT2D eigenvalue weighted by molar-refractivity contribution is -0.140. The Morgan fingerprint density at radius 3 is 2.20 bits per heavy atom. The first-order chi connectivity index (χ1) is 21.8. The van der Waals surface area contributed by atoms with Gasteiger partial charge in [0.05, 0.1) is 31.2 Å². The van der Waals surface area contributed by atoms with Crippen molar-refractivity contribution < 1.29 is 19.1 Å². The predicted octanol–water partition coefficient (Wildman–Crippen LogP) is 1.78. The smallest absolute Gasteiger partial charge is 0.243 e. The molecule has 0 unspecified atom stereocenters. The first-order valence-electron chi connectivity index (χ1n) is 15.8. The number of amides is 3. The highest BCUT2D eigenvalue weighted by Gasteiger charge is 2.41. The summed E-state index contributed by atoms with van der Waals surface area (Å²) in [4.78, 5) is 43.0. The van der Waals surface area contributed by atoms with Crippen LogP contribution in [0.3, 0.4) is 0 Å². The second-order valence-corrected chi connectivity index (χ2v) is 12.4. The van der Waals surface area contributed by atoms with Gasteiger partial charge in [0.2, 0.25) is 17.7 Å². The van der Waals surface area contributed by atoms with E-state index < -0.39 is 12.1 Å². The van der Waals surface area contributed by atoms with E-state index in [-0.39, 0.29) is 42.1 Å². The van der Waals surface area contributed by atoms with Crippen molar-refractivity contribution in [2.24, 2.45) is 11.8 Å². The summed E-state index contributed by atoms with van der Waals surface area (Å²) in [5.74, 6) is 5.41. The average Bonchev–Trinajstić information content (AvgIpc) is 3.72. The van der Waals surface area contributed by atoms with Crippen molar-refractivity contribution in [2.75, 3.05) is 39.4 Å². The van der Waals surface area contributed by atoms with Crippen LogP contribution in [0.1, 0.15) is 48.9 Å². The van der Waals surface area contributed by atoms with E-state index in [1.165, 1.54) is 5.56 Å². The minimum atomic E-state index is -0.668. The third-order valence-electron chi connectivity index (χ3n) is 8.59. The Bertz CT molecular complexity index is 1450. The molecular formula is C35H42N6O4. The standard InChI is InChI=1S/C35H42N6O4/c1-24(2)35(44)41-23-30(39-33(42)31-17-29(19-36)21-37-31)18-32(41)34(43)38-20-27-9-5-25(6-10-27)3-4-26-7-11-28(12-8-26)22-40-13-15-45-16-14-40/h5-12,24,29-32,37H,13-18,20-23H2,1-2H3,(H,38,43)(H,39,42)/t29-,30+,31-,32+/m0/s1. The van der Waals surface area contributed by atoms with Gasteiger partial charge in [-0.1, -0.05) is 50.0 Å². The quantitative estimate of drug-likeness (QED) is 0.389. The Balaban J connectivity index is 1.12. The lowest BCUT2D eigenvalue weighted by atomic mass is 10.1. The second kappa shape index (κ2) is 15.2. The van der Waals surface area contributed by atoms with Gasteiger partial charge in [-0.05, 0) is 48.2 Å². The topological polar surface area (TPSA) is 127 Å². The normalized spacial score (nSPS) is 23.2. The van der Waals surface area contributed by atoms with Crippen molar-refractivity contribution in [1.82, 2.24) is 25.8 Å². The molecule has 236 valence electrons. The molecule has 45 heavy (non-hydrogen) atoms. The molecule has 0 spiro atoms. The number of hydrogen-bond acceptors (Lipinski definition) is 7. The molecule has 0 radical (unpaired) electrons. The summed E-state index contributed by atoms with van der Waals surface area (Å²) in [6, 6.07) is 16.9. The van der Waals surface area contributed by atoms with Gasteiger partial charge >= 0.3 is 0 Å². The number of nitriles is 1. The fourth-order valence-electron chi connectivity index (χ4n) is 5.97. The van der Waals surface area contributed by atoms with E-state index in [1.54, 1.807) is 18.7 Å². The number of ether oxygens (including phenoxy) is 1. The first kappa shape index (κ1) is 32.2. The number of benzene rings is 2. The molecule has 0 aromatic heterocycles. The van der Waals surface area contributed by atoms with Crippen LogP contribution in [0, 0.1) is 35.0 Å². The summed E-state index contributed by atoms with van der Waals surface area (Å²) in [5, 5.41) is 18.2. The molecule has 10 nitrogen and oxygen atoms in total. The molecule has 0 aliphatic carbocycles. The number of carbonyl (C=O) groups excluding carboxylic acids is 3. The van der Waals surface area contributed by atoms with Crippen LogP contribution < -0.4 is 16.0 Å². The summed E-state index contributed by atoms with van der Waals surface area (Å²) in [6.45, 7) is 9.11. The van der Waals surface area contributed by atoms with Crippen molar-refractivity contribution in [3.05, 3.63) is 70.8 Å². The summed E-state index contributed by atoms with van der Waals surface area (Å²) >= 11 is 0. The molecule has 3 N–H and O–H groups in total. The highest BCUT2D eigenvalue weighted by atomic mass is 16.5. The van der Waals surface area contributed by atoms with Gasteiger partial charge in [0.25, 0.3) is 0 Å². The zero-order chi connectivity index (χ0) is 31.8. The van der Waals surface area contributed by atoms with Gasteiger partial charge < -0.3 is 25.6 Å². The van der Waals surface area contributed by atoms with Crippen molar-refractivity contribution in [1.29, 1.82) is 5.26 Å². The summed E-state index contributed by atoms with van der Waals surface area (Å²) in [5.41, 5.74) is 4.02. The van der Waals surface area contributed by atoms with Crippen LogP contribution in [0.5, 0.6) is 0 Å². The molecular weight excluding hydrogens is 568 g/mol. The highest BCUT2D eigenvalue weighted by Crippen LogP contribution is 2.22. The van der Waals surface area contributed by atoms with Gasteiger partial charge in [-0.15, -0.1) is 0 Å². The maximum Gasteiger partial charge on any atom is 0.243 e. The van der Waals surface area contributed by atoms with Crippen LogP contribution in [0.25, 0.3) is 0 Å². The lowest BCUT2D eigenvalue weighted by Gasteiger charge is -2.26. The summed E-state index contributed by atoms with van der Waals surface area (Å²) in [6.07, 6.45) is 0.800. The summed E-state index contributed by atoms with van der Waals surface area (Å²) in [7, 11) is 0. The summed E-state index contributed by atoms with van der Waals surface area (Å²) < 4.78 is 5.42. The van der Waals surface area contributed by atoms with Gasteiger partial charge in [-0.25, -0.2) is 0 Å². The van der Waals surface area contributed by atoms with Gasteiger partial charge in [0.15, 0.2) is 0 Å². The SMILES string of the molecule is CC(C)C(=O)N1C[C@H](NC(=O)[C@@H]2C[C@@H](C#N)CN2)C[C@@H]1C(=O)NCc1ccc(C#Cc2ccc(CN3CCOCC3)cc2)cc1. The molecule has 3 heterocycles. The third-order valence-corrected chi connectivity index (χ3v) is 8.59. The van der Waals surface area contributed by atoms with E-state index in [0.29, 0.717) is 25.9 Å². The predicted molar refractivity (Wildman–Crippen MR) is 169 cm³/mol. The van der Waals surface area contributed by atoms with E-state index in [4.69, 9.17) is 10.00 Å². The van der Waals surface area contributed by atoms with Crippen LogP contribution in [0.15, 0.2) is 48.5 Å². The minimum absolute atomic E-state index is 0.120. The number of likely N-dealkylation sites (tertiary alicyclic amines) is 1. The largest absolute Gasteiger partial charge is 0.379 e. The van der Waals surface area contributed by atoms with E-state index >= 15 is 0 Å². The second-order valence-electron chi connectivity index (χ2n) is 12.4. The Labute approximate surface area is 265 Å². The van der Waals surface area contributed by atoms with E-state index in [0.717, 1.165) is 49.5 Å². The van der Waals surface area contributed by atoms with Gasteiger partial charge in [-0.3, -0.25) is 19.3 Å². The first-order valence-corrected chi connectivity index (χ1v) is 15.8. The molecule has 2 aromatic carbocycles. The fraction of sp³-hybridized carbons (Fsp3) is 0.486. The molecule has 3 aliphatic heterocycles. The third kappa shape index (κ3) is 8.70. The monoisotopic (exact) mass is 610 g/mol. The van der Waals surface area contributed by atoms with Crippen LogP contribution in [0.4, 0.5) is 0 Å². The molecule has 5 rings (SSSR count). The molecule has 3 amide bonds. The fourth-order valence-corrected chi connectivity index (χ4v) is 5.97. The number of rotatable bonds is 8. The lowest BCUT2D eigenvalue weighted by Crippen LogP contribution is -2.47. The van der Waals surface area contributed by atoms with Gasteiger partial charge in [0, 0.05) is 62.4 Å².